The Balaban J connectivity index is 1.48. The van der Waals surface area contributed by atoms with Gasteiger partial charge >= 0.3 is 0 Å². The fourth-order valence-electron chi connectivity index (χ4n) is 2.00. The standard InChI is InChI=1S/C12H22N2O2/c15-12(8-13-6-10-3-4-10)14-7-11-2-1-5-16-9-11/h10-11,13H,1-9H2,(H,14,15). The Hall–Kier alpha value is -0.610. The van der Waals surface area contributed by atoms with E-state index in [-0.39, 0.29) is 5.91 Å². The fourth-order valence-corrected chi connectivity index (χ4v) is 2.00. The average molecular weight is 226 g/mol. The molecule has 2 N–H and O–H groups in total. The molecule has 16 heavy (non-hydrogen) atoms. The molecule has 2 aliphatic rings. The topological polar surface area (TPSA) is 50.4 Å². The van der Waals surface area contributed by atoms with Gasteiger partial charge in [-0.15, -0.1) is 0 Å². The summed E-state index contributed by atoms with van der Waals surface area (Å²) in [6.45, 7) is 3.91. The van der Waals surface area contributed by atoms with Crippen molar-refractivity contribution in [1.82, 2.24) is 10.6 Å². The van der Waals surface area contributed by atoms with Crippen molar-refractivity contribution in [2.45, 2.75) is 25.7 Å². The van der Waals surface area contributed by atoms with Gasteiger partial charge in [-0.1, -0.05) is 0 Å². The lowest BCUT2D eigenvalue weighted by Crippen LogP contribution is -2.38. The molecule has 2 fully saturated rings. The van der Waals surface area contributed by atoms with Gasteiger partial charge < -0.3 is 15.4 Å². The highest BCUT2D eigenvalue weighted by Gasteiger charge is 2.20. The molecule has 1 atom stereocenters. The first kappa shape index (κ1) is 11.9. The maximum Gasteiger partial charge on any atom is 0.233 e. The van der Waals surface area contributed by atoms with Crippen molar-refractivity contribution >= 4 is 5.91 Å². The number of hydrogen-bond donors (Lipinski definition) is 2. The molecule has 4 nitrogen and oxygen atoms in total. The summed E-state index contributed by atoms with van der Waals surface area (Å²) >= 11 is 0. The number of rotatable bonds is 6. The van der Waals surface area contributed by atoms with Crippen molar-refractivity contribution in [1.29, 1.82) is 0 Å². The second-order valence-electron chi connectivity index (χ2n) is 4.96. The summed E-state index contributed by atoms with van der Waals surface area (Å²) in [6, 6.07) is 0. The second-order valence-corrected chi connectivity index (χ2v) is 4.96. The zero-order valence-corrected chi connectivity index (χ0v) is 9.84. The lowest BCUT2D eigenvalue weighted by molar-refractivity contribution is -0.120. The molecule has 1 aliphatic heterocycles. The van der Waals surface area contributed by atoms with Gasteiger partial charge in [-0.3, -0.25) is 4.79 Å². The molecule has 0 aromatic carbocycles. The Bertz CT molecular complexity index is 223. The minimum absolute atomic E-state index is 0.117. The summed E-state index contributed by atoms with van der Waals surface area (Å²) in [6.07, 6.45) is 4.96. The van der Waals surface area contributed by atoms with E-state index in [4.69, 9.17) is 4.74 Å². The molecule has 0 radical (unpaired) electrons. The zero-order chi connectivity index (χ0) is 11.2. The van der Waals surface area contributed by atoms with Gasteiger partial charge in [-0.2, -0.15) is 0 Å². The van der Waals surface area contributed by atoms with E-state index in [1.165, 1.54) is 19.3 Å². The van der Waals surface area contributed by atoms with E-state index in [9.17, 15) is 4.79 Å². The molecule has 1 saturated heterocycles. The van der Waals surface area contributed by atoms with E-state index in [0.717, 1.165) is 38.6 Å². The van der Waals surface area contributed by atoms with Crippen LogP contribution in [-0.2, 0) is 9.53 Å². The molecule has 1 saturated carbocycles. The van der Waals surface area contributed by atoms with Crippen molar-refractivity contribution in [2.24, 2.45) is 11.8 Å². The minimum atomic E-state index is 0.117. The summed E-state index contributed by atoms with van der Waals surface area (Å²) in [5.41, 5.74) is 0. The molecule has 0 bridgehead atoms. The van der Waals surface area contributed by atoms with Crippen molar-refractivity contribution in [3.63, 3.8) is 0 Å². The monoisotopic (exact) mass is 226 g/mol. The van der Waals surface area contributed by atoms with Crippen LogP contribution in [0.1, 0.15) is 25.7 Å². The molecule has 0 aromatic rings. The number of hydrogen-bond acceptors (Lipinski definition) is 3. The maximum absolute atomic E-state index is 11.5. The van der Waals surface area contributed by atoms with Gasteiger partial charge in [0.2, 0.25) is 5.91 Å². The molecule has 92 valence electrons. The highest BCUT2D eigenvalue weighted by atomic mass is 16.5. The molecule has 1 unspecified atom stereocenters. The Kier molecular flexibility index (Phi) is 4.60. The summed E-state index contributed by atoms with van der Waals surface area (Å²) in [7, 11) is 0. The van der Waals surface area contributed by atoms with Crippen LogP contribution in [0.25, 0.3) is 0 Å². The van der Waals surface area contributed by atoms with Crippen molar-refractivity contribution in [3.05, 3.63) is 0 Å². The third kappa shape index (κ3) is 4.49. The smallest absolute Gasteiger partial charge is 0.233 e. The van der Waals surface area contributed by atoms with E-state index in [1.807, 2.05) is 0 Å². The summed E-state index contributed by atoms with van der Waals surface area (Å²) in [5.74, 6) is 1.46. The summed E-state index contributed by atoms with van der Waals surface area (Å²) in [5, 5.41) is 6.16. The quantitative estimate of drug-likeness (QED) is 0.694. The SMILES string of the molecule is O=C(CNCC1CC1)NCC1CCCOC1. The highest BCUT2D eigenvalue weighted by Crippen LogP contribution is 2.27. The third-order valence-electron chi connectivity index (χ3n) is 3.26. The Morgan fingerprint density at radius 3 is 2.75 bits per heavy atom. The van der Waals surface area contributed by atoms with Gasteiger partial charge in [-0.05, 0) is 44.1 Å². The number of carbonyl (C=O) groups is 1. The van der Waals surface area contributed by atoms with Gasteiger partial charge in [0, 0.05) is 13.2 Å². The van der Waals surface area contributed by atoms with Gasteiger partial charge in [0.1, 0.15) is 0 Å². The molecule has 1 heterocycles. The van der Waals surface area contributed by atoms with E-state index >= 15 is 0 Å². The van der Waals surface area contributed by atoms with Crippen LogP contribution in [0.4, 0.5) is 0 Å². The fraction of sp³-hybridized carbons (Fsp3) is 0.917. The number of amides is 1. The second kappa shape index (κ2) is 6.21. The number of nitrogens with one attached hydrogen (secondary N) is 2. The normalized spacial score (nSPS) is 25.4. The van der Waals surface area contributed by atoms with Crippen molar-refractivity contribution in [3.8, 4) is 0 Å². The number of carbonyl (C=O) groups excluding carboxylic acids is 1. The van der Waals surface area contributed by atoms with Crippen LogP contribution in [0.2, 0.25) is 0 Å². The van der Waals surface area contributed by atoms with Crippen LogP contribution in [-0.4, -0.2) is 38.8 Å². The molecule has 0 aromatic heterocycles. The maximum atomic E-state index is 11.5. The molecule has 4 heteroatoms. The Morgan fingerprint density at radius 1 is 1.19 bits per heavy atom. The molecular formula is C12H22N2O2. The summed E-state index contributed by atoms with van der Waals surface area (Å²) in [4.78, 5) is 11.5. The predicted octanol–water partition coefficient (Wildman–Crippen LogP) is 0.529. The van der Waals surface area contributed by atoms with Crippen molar-refractivity contribution < 1.29 is 9.53 Å². The highest BCUT2D eigenvalue weighted by molar-refractivity contribution is 5.77. The van der Waals surface area contributed by atoms with Crippen LogP contribution in [0.5, 0.6) is 0 Å². The first-order chi connectivity index (χ1) is 7.84. The van der Waals surface area contributed by atoms with Crippen LogP contribution < -0.4 is 10.6 Å². The van der Waals surface area contributed by atoms with Crippen molar-refractivity contribution in [2.75, 3.05) is 32.8 Å². The van der Waals surface area contributed by atoms with Gasteiger partial charge in [0.25, 0.3) is 0 Å². The molecule has 0 spiro atoms. The van der Waals surface area contributed by atoms with E-state index in [0.29, 0.717) is 12.5 Å². The lowest BCUT2D eigenvalue weighted by atomic mass is 10.0. The number of ether oxygens (including phenoxy) is 1. The van der Waals surface area contributed by atoms with Crippen LogP contribution >= 0.6 is 0 Å². The molecular weight excluding hydrogens is 204 g/mol. The average Bonchev–Trinajstić information content (AvgIpc) is 3.12. The molecule has 2 rings (SSSR count). The molecule has 1 aliphatic carbocycles. The first-order valence-corrected chi connectivity index (χ1v) is 6.40. The molecule has 1 amide bonds. The van der Waals surface area contributed by atoms with Crippen LogP contribution in [0.3, 0.4) is 0 Å². The van der Waals surface area contributed by atoms with E-state index in [2.05, 4.69) is 10.6 Å². The Morgan fingerprint density at radius 2 is 2.06 bits per heavy atom. The first-order valence-electron chi connectivity index (χ1n) is 6.40. The summed E-state index contributed by atoms with van der Waals surface area (Å²) < 4.78 is 5.37. The van der Waals surface area contributed by atoms with Crippen LogP contribution in [0.15, 0.2) is 0 Å². The largest absolute Gasteiger partial charge is 0.381 e. The lowest BCUT2D eigenvalue weighted by Gasteiger charge is -2.22. The van der Waals surface area contributed by atoms with E-state index in [1.54, 1.807) is 0 Å². The van der Waals surface area contributed by atoms with Crippen LogP contribution in [0, 0.1) is 11.8 Å². The van der Waals surface area contributed by atoms with E-state index < -0.39 is 0 Å². The van der Waals surface area contributed by atoms with Gasteiger partial charge in [0.15, 0.2) is 0 Å². The Labute approximate surface area is 97.1 Å². The predicted molar refractivity (Wildman–Crippen MR) is 62.1 cm³/mol. The van der Waals surface area contributed by atoms with Gasteiger partial charge in [0.05, 0.1) is 13.2 Å². The minimum Gasteiger partial charge on any atom is -0.381 e. The zero-order valence-electron chi connectivity index (χ0n) is 9.84. The van der Waals surface area contributed by atoms with Gasteiger partial charge in [-0.25, -0.2) is 0 Å². The third-order valence-corrected chi connectivity index (χ3v) is 3.26.